The maximum atomic E-state index is 5.63. The van der Waals surface area contributed by atoms with Gasteiger partial charge in [0.25, 0.3) is 0 Å². The van der Waals surface area contributed by atoms with Crippen molar-refractivity contribution in [2.75, 3.05) is 30.0 Å². The normalized spacial score (nSPS) is 19.6. The molecule has 3 heterocycles. The average molecular weight is 341 g/mol. The molecule has 7 heteroatoms. The fourth-order valence-corrected chi connectivity index (χ4v) is 3.43. The molecule has 1 N–H and O–H groups in total. The summed E-state index contributed by atoms with van der Waals surface area (Å²) in [6.07, 6.45) is 6.39. The topological polar surface area (TPSA) is 72.4 Å². The van der Waals surface area contributed by atoms with E-state index in [1.54, 1.807) is 6.20 Å². The molecule has 2 aromatic rings. The molecule has 0 amide bonds. The van der Waals surface area contributed by atoms with E-state index < -0.39 is 0 Å². The molecule has 25 heavy (non-hydrogen) atoms. The Morgan fingerprint density at radius 1 is 1.20 bits per heavy atom. The molecule has 4 rings (SSSR count). The van der Waals surface area contributed by atoms with Crippen LogP contribution in [-0.4, -0.2) is 41.0 Å². The molecule has 0 radical (unpaired) electrons. The quantitative estimate of drug-likeness (QED) is 0.916. The Balaban J connectivity index is 1.53. The number of anilines is 3. The molecule has 1 atom stereocenters. The number of hydrogen-bond donors (Lipinski definition) is 1. The van der Waals surface area contributed by atoms with E-state index in [2.05, 4.69) is 32.3 Å². The third kappa shape index (κ3) is 3.45. The second-order valence-electron chi connectivity index (χ2n) is 6.38. The van der Waals surface area contributed by atoms with Crippen molar-refractivity contribution >= 4 is 17.5 Å². The number of nitrogens with zero attached hydrogens (tertiary/aromatic N) is 4. The molecule has 132 valence electrons. The van der Waals surface area contributed by atoms with Crippen LogP contribution in [0.5, 0.6) is 11.5 Å². The van der Waals surface area contributed by atoms with Crippen molar-refractivity contribution in [2.24, 2.45) is 0 Å². The Morgan fingerprint density at radius 2 is 2.08 bits per heavy atom. The molecule has 1 aromatic heterocycles. The molecular formula is C18H23N5O2. The van der Waals surface area contributed by atoms with Gasteiger partial charge in [0.1, 0.15) is 13.2 Å². The summed E-state index contributed by atoms with van der Waals surface area (Å²) in [5, 5.41) is 11.7. The predicted octanol–water partition coefficient (Wildman–Crippen LogP) is 3.16. The van der Waals surface area contributed by atoms with Crippen LogP contribution in [0.25, 0.3) is 0 Å². The zero-order valence-electron chi connectivity index (χ0n) is 14.4. The SMILES string of the molecule is CCC1CCCCN1c1nncc(Nc2ccc3c(c2)OCCO3)n1. The summed E-state index contributed by atoms with van der Waals surface area (Å²) in [6, 6.07) is 6.28. The minimum absolute atomic E-state index is 0.500. The van der Waals surface area contributed by atoms with Crippen LogP contribution in [0.2, 0.25) is 0 Å². The first-order valence-corrected chi connectivity index (χ1v) is 8.96. The molecule has 1 saturated heterocycles. The molecule has 0 bridgehead atoms. The molecule has 1 unspecified atom stereocenters. The number of rotatable bonds is 4. The summed E-state index contributed by atoms with van der Waals surface area (Å²) in [6.45, 7) is 4.37. The Labute approximate surface area is 147 Å². The van der Waals surface area contributed by atoms with Crippen LogP contribution in [0.3, 0.4) is 0 Å². The van der Waals surface area contributed by atoms with Crippen molar-refractivity contribution in [3.05, 3.63) is 24.4 Å². The molecule has 0 aliphatic carbocycles. The lowest BCUT2D eigenvalue weighted by molar-refractivity contribution is 0.171. The van der Waals surface area contributed by atoms with E-state index in [1.807, 2.05) is 18.2 Å². The van der Waals surface area contributed by atoms with Gasteiger partial charge in [-0.2, -0.15) is 10.1 Å². The molecular weight excluding hydrogens is 318 g/mol. The molecule has 1 aromatic carbocycles. The number of hydrogen-bond acceptors (Lipinski definition) is 7. The van der Waals surface area contributed by atoms with Gasteiger partial charge in [0.05, 0.1) is 6.20 Å². The highest BCUT2D eigenvalue weighted by Gasteiger charge is 2.23. The molecule has 7 nitrogen and oxygen atoms in total. The molecule has 2 aliphatic heterocycles. The van der Waals surface area contributed by atoms with E-state index in [0.29, 0.717) is 31.0 Å². The first kappa shape index (κ1) is 15.9. The Morgan fingerprint density at radius 3 is 2.96 bits per heavy atom. The van der Waals surface area contributed by atoms with E-state index in [4.69, 9.17) is 9.47 Å². The van der Waals surface area contributed by atoms with Gasteiger partial charge >= 0.3 is 0 Å². The van der Waals surface area contributed by atoms with Crippen molar-refractivity contribution < 1.29 is 9.47 Å². The Kier molecular flexibility index (Phi) is 4.54. The smallest absolute Gasteiger partial charge is 0.247 e. The van der Waals surface area contributed by atoms with Crippen LogP contribution in [0.15, 0.2) is 24.4 Å². The van der Waals surface area contributed by atoms with E-state index in [1.165, 1.54) is 19.3 Å². The standard InChI is InChI=1S/C18H23N5O2/c1-2-14-5-3-4-8-23(14)18-21-17(12-19-22-18)20-13-6-7-15-16(11-13)25-10-9-24-15/h6-7,11-12,14H,2-5,8-10H2,1H3,(H,20,21,22). The fraction of sp³-hybridized carbons (Fsp3) is 0.500. The number of nitrogens with one attached hydrogen (secondary N) is 1. The maximum absolute atomic E-state index is 5.63. The van der Waals surface area contributed by atoms with Gasteiger partial charge in [-0.1, -0.05) is 6.92 Å². The van der Waals surface area contributed by atoms with E-state index in [9.17, 15) is 0 Å². The summed E-state index contributed by atoms with van der Waals surface area (Å²) in [4.78, 5) is 6.95. The molecule has 2 aliphatic rings. The van der Waals surface area contributed by atoms with Crippen LogP contribution in [0, 0.1) is 0 Å². The lowest BCUT2D eigenvalue weighted by Gasteiger charge is -2.34. The van der Waals surface area contributed by atoms with Gasteiger partial charge in [0.2, 0.25) is 5.95 Å². The largest absolute Gasteiger partial charge is 0.486 e. The van der Waals surface area contributed by atoms with Crippen LogP contribution in [0.1, 0.15) is 32.6 Å². The number of benzene rings is 1. The maximum Gasteiger partial charge on any atom is 0.247 e. The van der Waals surface area contributed by atoms with Crippen LogP contribution in [-0.2, 0) is 0 Å². The third-order valence-corrected chi connectivity index (χ3v) is 4.72. The number of piperidine rings is 1. The summed E-state index contributed by atoms with van der Waals surface area (Å²) in [5.74, 6) is 2.91. The van der Waals surface area contributed by atoms with Gasteiger partial charge in [0.15, 0.2) is 17.3 Å². The van der Waals surface area contributed by atoms with Crippen molar-refractivity contribution in [1.82, 2.24) is 15.2 Å². The van der Waals surface area contributed by atoms with Crippen LogP contribution in [0.4, 0.5) is 17.5 Å². The lowest BCUT2D eigenvalue weighted by Crippen LogP contribution is -2.40. The zero-order valence-corrected chi connectivity index (χ0v) is 14.4. The lowest BCUT2D eigenvalue weighted by atomic mass is 10.0. The molecule has 1 fully saturated rings. The monoisotopic (exact) mass is 341 g/mol. The second kappa shape index (κ2) is 7.13. The van der Waals surface area contributed by atoms with Gasteiger partial charge in [-0.25, -0.2) is 0 Å². The molecule has 0 spiro atoms. The second-order valence-corrected chi connectivity index (χ2v) is 6.38. The number of fused-ring (bicyclic) bond motifs is 1. The van der Waals surface area contributed by atoms with E-state index in [-0.39, 0.29) is 0 Å². The zero-order chi connectivity index (χ0) is 17.1. The fourth-order valence-electron chi connectivity index (χ4n) is 3.43. The minimum Gasteiger partial charge on any atom is -0.486 e. The Hall–Kier alpha value is -2.57. The van der Waals surface area contributed by atoms with Gasteiger partial charge in [-0.05, 0) is 37.8 Å². The number of aromatic nitrogens is 3. The van der Waals surface area contributed by atoms with Crippen molar-refractivity contribution in [1.29, 1.82) is 0 Å². The van der Waals surface area contributed by atoms with Gasteiger partial charge in [-0.15, -0.1) is 5.10 Å². The van der Waals surface area contributed by atoms with Crippen LogP contribution >= 0.6 is 0 Å². The average Bonchev–Trinajstić information content (AvgIpc) is 2.68. The first-order valence-electron chi connectivity index (χ1n) is 8.96. The first-order chi connectivity index (χ1) is 12.3. The predicted molar refractivity (Wildman–Crippen MR) is 95.8 cm³/mol. The minimum atomic E-state index is 0.500. The number of ether oxygens (including phenoxy) is 2. The van der Waals surface area contributed by atoms with Gasteiger partial charge < -0.3 is 19.7 Å². The van der Waals surface area contributed by atoms with E-state index in [0.717, 1.165) is 30.2 Å². The van der Waals surface area contributed by atoms with Gasteiger partial charge in [0, 0.05) is 24.3 Å². The van der Waals surface area contributed by atoms with Gasteiger partial charge in [-0.3, -0.25) is 0 Å². The highest BCUT2D eigenvalue weighted by Crippen LogP contribution is 2.33. The Bertz CT molecular complexity index is 739. The van der Waals surface area contributed by atoms with Crippen molar-refractivity contribution in [3.8, 4) is 11.5 Å². The summed E-state index contributed by atoms with van der Waals surface area (Å²) in [7, 11) is 0. The van der Waals surface area contributed by atoms with Crippen molar-refractivity contribution in [3.63, 3.8) is 0 Å². The highest BCUT2D eigenvalue weighted by atomic mass is 16.6. The third-order valence-electron chi connectivity index (χ3n) is 4.72. The molecule has 0 saturated carbocycles. The van der Waals surface area contributed by atoms with E-state index >= 15 is 0 Å². The highest BCUT2D eigenvalue weighted by molar-refractivity contribution is 5.61. The summed E-state index contributed by atoms with van der Waals surface area (Å²) in [5.41, 5.74) is 0.890. The van der Waals surface area contributed by atoms with Crippen molar-refractivity contribution in [2.45, 2.75) is 38.6 Å². The summed E-state index contributed by atoms with van der Waals surface area (Å²) >= 11 is 0. The van der Waals surface area contributed by atoms with Crippen LogP contribution < -0.4 is 19.7 Å². The summed E-state index contributed by atoms with van der Waals surface area (Å²) < 4.78 is 11.2.